The average Bonchev–Trinajstić information content (AvgIpc) is 2.36. The van der Waals surface area contributed by atoms with Gasteiger partial charge in [-0.3, -0.25) is 0 Å². The van der Waals surface area contributed by atoms with Crippen molar-refractivity contribution in [3.05, 3.63) is 35.6 Å². The Hall–Kier alpha value is -0.930. The van der Waals surface area contributed by atoms with Gasteiger partial charge in [-0.05, 0) is 18.9 Å². The van der Waals surface area contributed by atoms with Gasteiger partial charge in [0, 0.05) is 11.6 Å². The maximum absolute atomic E-state index is 13.8. The third-order valence-corrected chi connectivity index (χ3v) is 3.36. The summed E-state index contributed by atoms with van der Waals surface area (Å²) in [7, 11) is 0. The summed E-state index contributed by atoms with van der Waals surface area (Å²) in [5.41, 5.74) is 6.47. The second-order valence-electron chi connectivity index (χ2n) is 4.82. The molecule has 0 radical (unpaired) electrons. The topological polar surface area (TPSA) is 35.2 Å². The zero-order valence-electron chi connectivity index (χ0n) is 11.5. The van der Waals surface area contributed by atoms with Gasteiger partial charge in [0.05, 0.1) is 6.61 Å². The van der Waals surface area contributed by atoms with E-state index in [1.807, 2.05) is 13.0 Å². The van der Waals surface area contributed by atoms with Crippen LogP contribution in [0.5, 0.6) is 0 Å². The number of rotatable bonds is 7. The molecule has 0 saturated heterocycles. The summed E-state index contributed by atoms with van der Waals surface area (Å²) in [4.78, 5) is 0. The smallest absolute Gasteiger partial charge is 0.129 e. The Kier molecular flexibility index (Phi) is 6.30. The van der Waals surface area contributed by atoms with Crippen molar-refractivity contribution >= 4 is 0 Å². The summed E-state index contributed by atoms with van der Waals surface area (Å²) < 4.78 is 19.6. The normalized spacial score (nSPS) is 14.8. The summed E-state index contributed by atoms with van der Waals surface area (Å²) in [6, 6.07) is 6.46. The molecule has 0 aromatic heterocycles. The molecule has 1 aromatic carbocycles. The van der Waals surface area contributed by atoms with Crippen molar-refractivity contribution in [1.29, 1.82) is 0 Å². The molecule has 2 unspecified atom stereocenters. The van der Waals surface area contributed by atoms with Crippen LogP contribution in [-0.4, -0.2) is 12.6 Å². The Morgan fingerprint density at radius 3 is 2.33 bits per heavy atom. The van der Waals surface area contributed by atoms with Gasteiger partial charge in [0.15, 0.2) is 0 Å². The Bertz CT molecular complexity index is 350. The summed E-state index contributed by atoms with van der Waals surface area (Å²) in [6.07, 6.45) is 1.77. The van der Waals surface area contributed by atoms with Gasteiger partial charge in [-0.1, -0.05) is 44.9 Å². The van der Waals surface area contributed by atoms with Gasteiger partial charge >= 0.3 is 0 Å². The van der Waals surface area contributed by atoms with Crippen LogP contribution in [0.25, 0.3) is 0 Å². The lowest BCUT2D eigenvalue weighted by Crippen LogP contribution is -2.29. The molecule has 18 heavy (non-hydrogen) atoms. The highest BCUT2D eigenvalue weighted by molar-refractivity contribution is 5.21. The van der Waals surface area contributed by atoms with E-state index in [1.54, 1.807) is 12.1 Å². The predicted octanol–water partition coefficient (Wildman–Crippen LogP) is 3.67. The number of halogens is 1. The molecule has 0 amide bonds. The summed E-state index contributed by atoms with van der Waals surface area (Å²) >= 11 is 0. The molecule has 0 aliphatic rings. The Labute approximate surface area is 109 Å². The largest absolute Gasteiger partial charge is 0.372 e. The van der Waals surface area contributed by atoms with Crippen molar-refractivity contribution in [2.75, 3.05) is 6.61 Å². The number of ether oxygens (including phenoxy) is 1. The highest BCUT2D eigenvalue weighted by Crippen LogP contribution is 2.24. The molecular formula is C15H24FNO. The molecule has 102 valence electrons. The van der Waals surface area contributed by atoms with Crippen molar-refractivity contribution < 1.29 is 9.13 Å². The quantitative estimate of drug-likeness (QED) is 0.804. The lowest BCUT2D eigenvalue weighted by Gasteiger charge is -2.24. The minimum atomic E-state index is -0.369. The second-order valence-corrected chi connectivity index (χ2v) is 4.82. The zero-order chi connectivity index (χ0) is 13.5. The van der Waals surface area contributed by atoms with Crippen LogP contribution in [0.15, 0.2) is 24.3 Å². The van der Waals surface area contributed by atoms with Gasteiger partial charge < -0.3 is 10.5 Å². The minimum Gasteiger partial charge on any atom is -0.372 e. The first-order valence-electron chi connectivity index (χ1n) is 6.71. The third-order valence-electron chi connectivity index (χ3n) is 3.36. The first-order chi connectivity index (χ1) is 8.60. The molecule has 2 atom stereocenters. The van der Waals surface area contributed by atoms with Crippen molar-refractivity contribution in [2.45, 2.75) is 45.8 Å². The standard InChI is InChI=1S/C15H24FNO/c1-4-12(5-2)10-18-15(11(3)17)13-8-6-7-9-14(13)16/h6-9,11-12,15H,4-5,10,17H2,1-3H3. The van der Waals surface area contributed by atoms with Crippen molar-refractivity contribution in [1.82, 2.24) is 0 Å². The van der Waals surface area contributed by atoms with E-state index >= 15 is 0 Å². The summed E-state index contributed by atoms with van der Waals surface area (Å²) in [5, 5.41) is 0. The van der Waals surface area contributed by atoms with Gasteiger partial charge in [-0.15, -0.1) is 0 Å². The van der Waals surface area contributed by atoms with E-state index in [0.717, 1.165) is 12.8 Å². The second kappa shape index (κ2) is 7.49. The molecule has 0 heterocycles. The molecule has 0 aliphatic carbocycles. The minimum absolute atomic E-state index is 0.226. The lowest BCUT2D eigenvalue weighted by molar-refractivity contribution is 0.0121. The van der Waals surface area contributed by atoms with E-state index in [4.69, 9.17) is 10.5 Å². The lowest BCUT2D eigenvalue weighted by atomic mass is 10.0. The van der Waals surface area contributed by atoms with Crippen LogP contribution in [-0.2, 0) is 4.74 Å². The van der Waals surface area contributed by atoms with E-state index in [-0.39, 0.29) is 18.0 Å². The zero-order valence-corrected chi connectivity index (χ0v) is 11.5. The van der Waals surface area contributed by atoms with Crippen LogP contribution in [0.2, 0.25) is 0 Å². The Morgan fingerprint density at radius 1 is 1.22 bits per heavy atom. The molecule has 0 aliphatic heterocycles. The molecule has 3 heteroatoms. The molecule has 1 rings (SSSR count). The van der Waals surface area contributed by atoms with Gasteiger partial charge in [0.1, 0.15) is 11.9 Å². The Morgan fingerprint density at radius 2 is 1.83 bits per heavy atom. The van der Waals surface area contributed by atoms with E-state index in [9.17, 15) is 4.39 Å². The van der Waals surface area contributed by atoms with E-state index in [2.05, 4.69) is 13.8 Å². The van der Waals surface area contributed by atoms with Crippen LogP contribution in [0, 0.1) is 11.7 Å². The first-order valence-corrected chi connectivity index (χ1v) is 6.71. The fourth-order valence-electron chi connectivity index (χ4n) is 1.99. The predicted molar refractivity (Wildman–Crippen MR) is 72.8 cm³/mol. The van der Waals surface area contributed by atoms with Crippen LogP contribution < -0.4 is 5.73 Å². The average molecular weight is 253 g/mol. The van der Waals surface area contributed by atoms with E-state index in [1.165, 1.54) is 6.07 Å². The van der Waals surface area contributed by atoms with Crippen LogP contribution in [0.1, 0.15) is 45.3 Å². The number of nitrogens with two attached hydrogens (primary N) is 1. The number of hydrogen-bond donors (Lipinski definition) is 1. The first kappa shape index (κ1) is 15.1. The molecule has 1 aromatic rings. The number of benzene rings is 1. The summed E-state index contributed by atoms with van der Waals surface area (Å²) in [5.74, 6) is 0.266. The fourth-order valence-corrected chi connectivity index (χ4v) is 1.99. The van der Waals surface area contributed by atoms with Gasteiger partial charge in [0.2, 0.25) is 0 Å². The summed E-state index contributed by atoms with van der Waals surface area (Å²) in [6.45, 7) is 6.76. The third kappa shape index (κ3) is 4.07. The molecule has 0 spiro atoms. The van der Waals surface area contributed by atoms with Crippen LogP contribution >= 0.6 is 0 Å². The van der Waals surface area contributed by atoms with E-state index in [0.29, 0.717) is 18.1 Å². The van der Waals surface area contributed by atoms with Gasteiger partial charge in [-0.25, -0.2) is 4.39 Å². The van der Waals surface area contributed by atoms with E-state index < -0.39 is 0 Å². The SMILES string of the molecule is CCC(CC)COC(c1ccccc1F)C(C)N. The molecular weight excluding hydrogens is 229 g/mol. The van der Waals surface area contributed by atoms with Crippen LogP contribution in [0.4, 0.5) is 4.39 Å². The Balaban J connectivity index is 2.75. The molecule has 2 nitrogen and oxygen atoms in total. The van der Waals surface area contributed by atoms with Crippen LogP contribution in [0.3, 0.4) is 0 Å². The molecule has 0 bridgehead atoms. The fraction of sp³-hybridized carbons (Fsp3) is 0.600. The number of hydrogen-bond acceptors (Lipinski definition) is 2. The van der Waals surface area contributed by atoms with Gasteiger partial charge in [0.25, 0.3) is 0 Å². The van der Waals surface area contributed by atoms with Gasteiger partial charge in [-0.2, -0.15) is 0 Å². The molecule has 2 N–H and O–H groups in total. The van der Waals surface area contributed by atoms with Crippen molar-refractivity contribution in [3.8, 4) is 0 Å². The maximum atomic E-state index is 13.8. The monoisotopic (exact) mass is 253 g/mol. The highest BCUT2D eigenvalue weighted by Gasteiger charge is 2.21. The maximum Gasteiger partial charge on any atom is 0.129 e. The molecule has 0 saturated carbocycles. The van der Waals surface area contributed by atoms with Crippen molar-refractivity contribution in [3.63, 3.8) is 0 Å². The highest BCUT2D eigenvalue weighted by atomic mass is 19.1. The van der Waals surface area contributed by atoms with Crippen molar-refractivity contribution in [2.24, 2.45) is 11.7 Å². The molecule has 0 fully saturated rings.